The average molecular weight is 465 g/mol. The molecule has 32 heavy (non-hydrogen) atoms. The first-order valence-electron chi connectivity index (χ1n) is 8.40. The molecule has 0 aliphatic heterocycles. The van der Waals surface area contributed by atoms with Crippen LogP contribution in [0.3, 0.4) is 0 Å². The Hall–Kier alpha value is -3.56. The van der Waals surface area contributed by atoms with Crippen LogP contribution in [0.1, 0.15) is 28.4 Å². The minimum Gasteiger partial charge on any atom is -0.406 e. The van der Waals surface area contributed by atoms with Crippen LogP contribution in [0.15, 0.2) is 42.5 Å². The minimum absolute atomic E-state index is 0.0805. The second kappa shape index (κ2) is 7.85. The van der Waals surface area contributed by atoms with Gasteiger partial charge in [0.2, 0.25) is 0 Å². The number of hydrogen-bond donors (Lipinski definition) is 0. The third-order valence-corrected chi connectivity index (χ3v) is 4.16. The molecule has 0 spiro atoms. The van der Waals surface area contributed by atoms with Crippen molar-refractivity contribution in [2.45, 2.75) is 24.6 Å². The zero-order chi connectivity index (χ0) is 23.9. The highest BCUT2D eigenvalue weighted by atomic mass is 19.4. The predicted octanol–water partition coefficient (Wildman–Crippen LogP) is 6.22. The second-order valence-electron chi connectivity index (χ2n) is 6.34. The zero-order valence-electron chi connectivity index (χ0n) is 15.3. The summed E-state index contributed by atoms with van der Waals surface area (Å²) < 4.78 is 119. The van der Waals surface area contributed by atoms with Crippen molar-refractivity contribution >= 4 is 11.0 Å². The smallest absolute Gasteiger partial charge is 0.406 e. The molecule has 1 atom stereocenters. The summed E-state index contributed by atoms with van der Waals surface area (Å²) in [6.07, 6.45) is -15.3. The van der Waals surface area contributed by atoms with Crippen LogP contribution < -0.4 is 4.74 Å². The highest BCUT2D eigenvalue weighted by Gasteiger charge is 2.39. The van der Waals surface area contributed by atoms with E-state index in [0.29, 0.717) is 0 Å². The molecule has 0 saturated carbocycles. The van der Waals surface area contributed by atoms with E-state index in [1.807, 2.05) is 0 Å². The van der Waals surface area contributed by atoms with Crippen molar-refractivity contribution < 1.29 is 44.3 Å². The first-order valence-corrected chi connectivity index (χ1v) is 8.40. The van der Waals surface area contributed by atoms with E-state index in [4.69, 9.17) is 0 Å². The van der Waals surface area contributed by atoms with Gasteiger partial charge < -0.3 is 4.74 Å². The summed E-state index contributed by atoms with van der Waals surface area (Å²) in [7, 11) is 0. The lowest BCUT2D eigenvalue weighted by atomic mass is 9.96. The maximum absolute atomic E-state index is 13.3. The Labute approximate surface area is 172 Å². The fraction of sp³-hybridized carbons (Fsp3) is 0.211. The van der Waals surface area contributed by atoms with Crippen LogP contribution in [-0.2, 0) is 12.4 Å². The standard InChI is InChI=1S/C19H8F9N3O/c20-17(21,22)13-7-15(18(23,24)25)31-16-11(13)5-6-14(30-16)12(8-29)9-1-3-10(4-2-9)32-19(26,27)28/h1-7,12H/t12-/m1/s1. The molecule has 2 aromatic heterocycles. The van der Waals surface area contributed by atoms with E-state index in [9.17, 15) is 44.8 Å². The van der Waals surface area contributed by atoms with E-state index in [2.05, 4.69) is 14.7 Å². The molecule has 0 unspecified atom stereocenters. The van der Waals surface area contributed by atoms with E-state index in [1.165, 1.54) is 0 Å². The van der Waals surface area contributed by atoms with Gasteiger partial charge in [-0.3, -0.25) is 0 Å². The Morgan fingerprint density at radius 2 is 1.44 bits per heavy atom. The van der Waals surface area contributed by atoms with E-state index >= 15 is 0 Å². The third-order valence-electron chi connectivity index (χ3n) is 4.16. The molecular weight excluding hydrogens is 457 g/mol. The van der Waals surface area contributed by atoms with Crippen molar-refractivity contribution in [2.24, 2.45) is 0 Å². The van der Waals surface area contributed by atoms with Crippen LogP contribution in [-0.4, -0.2) is 16.3 Å². The molecule has 2 heterocycles. The number of halogens is 9. The normalized spacial score (nSPS) is 13.6. The largest absolute Gasteiger partial charge is 0.573 e. The van der Waals surface area contributed by atoms with Crippen LogP contribution in [0.5, 0.6) is 5.75 Å². The van der Waals surface area contributed by atoms with Gasteiger partial charge in [-0.05, 0) is 35.9 Å². The zero-order valence-corrected chi connectivity index (χ0v) is 15.3. The van der Waals surface area contributed by atoms with Gasteiger partial charge in [0, 0.05) is 5.39 Å². The lowest BCUT2D eigenvalue weighted by Gasteiger charge is -2.15. The molecule has 0 radical (unpaired) electrons. The average Bonchev–Trinajstić information content (AvgIpc) is 2.66. The number of ether oxygens (including phenoxy) is 1. The highest BCUT2D eigenvalue weighted by molar-refractivity contribution is 5.80. The van der Waals surface area contributed by atoms with E-state index in [1.54, 1.807) is 6.07 Å². The Kier molecular flexibility index (Phi) is 5.67. The summed E-state index contributed by atoms with van der Waals surface area (Å²) in [4.78, 5) is 6.86. The molecular formula is C19H8F9N3O. The molecule has 0 aliphatic rings. The fourth-order valence-electron chi connectivity index (χ4n) is 2.83. The number of pyridine rings is 2. The number of aromatic nitrogens is 2. The highest BCUT2D eigenvalue weighted by Crippen LogP contribution is 2.38. The molecule has 168 valence electrons. The van der Waals surface area contributed by atoms with Crippen molar-refractivity contribution in [1.82, 2.24) is 9.97 Å². The van der Waals surface area contributed by atoms with Crippen molar-refractivity contribution in [2.75, 3.05) is 0 Å². The van der Waals surface area contributed by atoms with Crippen LogP contribution in [0, 0.1) is 11.3 Å². The second-order valence-corrected chi connectivity index (χ2v) is 6.34. The van der Waals surface area contributed by atoms with Gasteiger partial charge in [-0.25, -0.2) is 9.97 Å². The maximum atomic E-state index is 13.3. The van der Waals surface area contributed by atoms with Gasteiger partial charge in [0.15, 0.2) is 5.65 Å². The van der Waals surface area contributed by atoms with Gasteiger partial charge in [-0.1, -0.05) is 12.1 Å². The van der Waals surface area contributed by atoms with Crippen molar-refractivity contribution in [3.05, 3.63) is 65.0 Å². The summed E-state index contributed by atoms with van der Waals surface area (Å²) in [5.74, 6) is -1.90. The van der Waals surface area contributed by atoms with Gasteiger partial charge in [-0.15, -0.1) is 13.2 Å². The summed E-state index contributed by atoms with van der Waals surface area (Å²) >= 11 is 0. The van der Waals surface area contributed by atoms with Gasteiger partial charge in [0.1, 0.15) is 17.4 Å². The Morgan fingerprint density at radius 3 is 1.94 bits per heavy atom. The maximum Gasteiger partial charge on any atom is 0.573 e. The Balaban J connectivity index is 2.09. The molecule has 0 fully saturated rings. The van der Waals surface area contributed by atoms with Gasteiger partial charge in [0.05, 0.1) is 17.3 Å². The minimum atomic E-state index is -5.19. The van der Waals surface area contributed by atoms with Crippen LogP contribution in [0.25, 0.3) is 11.0 Å². The number of hydrogen-bond acceptors (Lipinski definition) is 4. The predicted molar refractivity (Wildman–Crippen MR) is 90.1 cm³/mol. The lowest BCUT2D eigenvalue weighted by molar-refractivity contribution is -0.274. The number of nitrogens with zero attached hydrogens (tertiary/aromatic N) is 3. The summed E-state index contributed by atoms with van der Waals surface area (Å²) in [6, 6.07) is 7.43. The Morgan fingerprint density at radius 1 is 0.812 bits per heavy atom. The molecule has 3 rings (SSSR count). The molecule has 13 heteroatoms. The first kappa shape index (κ1) is 23.1. The summed E-state index contributed by atoms with van der Waals surface area (Å²) in [5, 5.41) is 8.74. The molecule has 0 amide bonds. The number of alkyl halides is 9. The topological polar surface area (TPSA) is 58.8 Å². The van der Waals surface area contributed by atoms with E-state index < -0.39 is 52.7 Å². The van der Waals surface area contributed by atoms with Crippen molar-refractivity contribution in [3.8, 4) is 11.8 Å². The molecule has 3 aromatic rings. The molecule has 0 aliphatic carbocycles. The van der Waals surface area contributed by atoms with Crippen LogP contribution in [0.2, 0.25) is 0 Å². The summed E-state index contributed by atoms with van der Waals surface area (Å²) in [5.41, 5.74) is -4.47. The molecule has 0 N–H and O–H groups in total. The third kappa shape index (κ3) is 5.01. The molecule has 4 nitrogen and oxygen atoms in total. The number of rotatable bonds is 3. The van der Waals surface area contributed by atoms with Crippen LogP contribution >= 0.6 is 0 Å². The van der Waals surface area contributed by atoms with Gasteiger partial charge >= 0.3 is 18.7 Å². The van der Waals surface area contributed by atoms with E-state index in [0.717, 1.165) is 36.4 Å². The van der Waals surface area contributed by atoms with Gasteiger partial charge in [-0.2, -0.15) is 31.6 Å². The quantitative estimate of drug-likeness (QED) is 0.431. The lowest BCUT2D eigenvalue weighted by Crippen LogP contribution is -2.17. The first-order chi connectivity index (χ1) is 14.7. The molecule has 0 saturated heterocycles. The van der Waals surface area contributed by atoms with Crippen molar-refractivity contribution in [3.63, 3.8) is 0 Å². The number of nitriles is 1. The van der Waals surface area contributed by atoms with Gasteiger partial charge in [0.25, 0.3) is 0 Å². The SMILES string of the molecule is N#C[C@H](c1ccc(OC(F)(F)F)cc1)c1ccc2c(C(F)(F)F)cc(C(F)(F)F)nc2n1. The van der Waals surface area contributed by atoms with E-state index in [-0.39, 0.29) is 17.3 Å². The number of benzene rings is 1. The van der Waals surface area contributed by atoms with Crippen molar-refractivity contribution in [1.29, 1.82) is 5.26 Å². The number of fused-ring (bicyclic) bond motifs is 1. The summed E-state index contributed by atoms with van der Waals surface area (Å²) in [6.45, 7) is 0. The molecule has 1 aromatic carbocycles. The Bertz CT molecular complexity index is 1180. The molecule has 0 bridgehead atoms. The monoisotopic (exact) mass is 465 g/mol. The van der Waals surface area contributed by atoms with Crippen LogP contribution in [0.4, 0.5) is 39.5 Å². The fourth-order valence-corrected chi connectivity index (χ4v) is 2.83.